The fraction of sp³-hybridized carbons (Fsp3) is 0.600. The van der Waals surface area contributed by atoms with Crippen molar-refractivity contribution >= 4 is 22.7 Å². The van der Waals surface area contributed by atoms with Crippen molar-refractivity contribution in [2.75, 3.05) is 7.05 Å². The van der Waals surface area contributed by atoms with Crippen molar-refractivity contribution in [3.8, 4) is 0 Å². The number of nitrogens with zero attached hydrogens (tertiary/aromatic N) is 3. The summed E-state index contributed by atoms with van der Waals surface area (Å²) in [6, 6.07) is 9.86. The lowest BCUT2D eigenvalue weighted by atomic mass is 9.85. The third-order valence-corrected chi connectivity index (χ3v) is 5.62. The normalized spacial score (nSPS) is 19.2. The Morgan fingerprint density at radius 3 is 2.33 bits per heavy atom. The predicted molar refractivity (Wildman–Crippen MR) is 132 cm³/mol. The molecule has 1 unspecified atom stereocenters. The van der Waals surface area contributed by atoms with Gasteiger partial charge in [0.1, 0.15) is 0 Å². The Labute approximate surface area is 194 Å². The van der Waals surface area contributed by atoms with E-state index in [1.165, 1.54) is 32.1 Å². The van der Waals surface area contributed by atoms with Gasteiger partial charge in [0.15, 0.2) is 0 Å². The zero-order valence-corrected chi connectivity index (χ0v) is 21.1. The highest BCUT2D eigenvalue weighted by atomic mass is 79.9. The van der Waals surface area contributed by atoms with E-state index in [2.05, 4.69) is 68.3 Å². The standard InChI is InChI=1S/C25H39N3O.BrH/c1-6-8-13-18-24(3,4)29-28(5)25(19-9-7-2)20-16-23(17-21-25)27-26-22-14-11-10-12-15-22;/h10-12,14-17,20H,6-9,13,18-19,21H2,1-5H3;1H. The molecule has 0 amide bonds. The van der Waals surface area contributed by atoms with Crippen LogP contribution in [0.5, 0.6) is 0 Å². The molecular weight excluding hydrogens is 438 g/mol. The van der Waals surface area contributed by atoms with Crippen LogP contribution in [0.1, 0.15) is 79.1 Å². The monoisotopic (exact) mass is 477 g/mol. The van der Waals surface area contributed by atoms with E-state index in [1.54, 1.807) is 0 Å². The Hall–Kier alpha value is -1.30. The Morgan fingerprint density at radius 2 is 1.73 bits per heavy atom. The first-order valence-electron chi connectivity index (χ1n) is 11.2. The Balaban J connectivity index is 0.00000450. The first-order valence-corrected chi connectivity index (χ1v) is 11.2. The van der Waals surface area contributed by atoms with Crippen molar-refractivity contribution in [1.82, 2.24) is 5.06 Å². The van der Waals surface area contributed by atoms with Crippen LogP contribution in [0.2, 0.25) is 0 Å². The molecule has 1 aliphatic rings. The van der Waals surface area contributed by atoms with Gasteiger partial charge in [-0.25, -0.2) is 0 Å². The summed E-state index contributed by atoms with van der Waals surface area (Å²) in [6.45, 7) is 8.89. The van der Waals surface area contributed by atoms with E-state index in [0.29, 0.717) is 0 Å². The third-order valence-electron chi connectivity index (χ3n) is 5.62. The van der Waals surface area contributed by atoms with Gasteiger partial charge in [0, 0.05) is 7.05 Å². The maximum atomic E-state index is 6.49. The van der Waals surface area contributed by atoms with Gasteiger partial charge in [0.25, 0.3) is 0 Å². The maximum absolute atomic E-state index is 6.49. The Bertz CT molecular complexity index is 700. The van der Waals surface area contributed by atoms with Crippen molar-refractivity contribution in [2.45, 2.75) is 90.2 Å². The summed E-state index contributed by atoms with van der Waals surface area (Å²) >= 11 is 0. The van der Waals surface area contributed by atoms with Crippen LogP contribution >= 0.6 is 17.0 Å². The Kier molecular flexibility index (Phi) is 11.7. The lowest BCUT2D eigenvalue weighted by Crippen LogP contribution is -2.49. The number of allylic oxidation sites excluding steroid dienone is 1. The minimum absolute atomic E-state index is 0. The number of halogens is 1. The van der Waals surface area contributed by atoms with Crippen molar-refractivity contribution in [2.24, 2.45) is 10.2 Å². The number of hydroxylamine groups is 2. The first-order chi connectivity index (χ1) is 13.9. The van der Waals surface area contributed by atoms with E-state index in [4.69, 9.17) is 4.84 Å². The molecule has 1 aliphatic carbocycles. The van der Waals surface area contributed by atoms with Gasteiger partial charge in [-0.15, -0.1) is 17.0 Å². The summed E-state index contributed by atoms with van der Waals surface area (Å²) in [5, 5.41) is 10.9. The highest BCUT2D eigenvalue weighted by Crippen LogP contribution is 2.35. The van der Waals surface area contributed by atoms with Gasteiger partial charge >= 0.3 is 0 Å². The van der Waals surface area contributed by atoms with E-state index < -0.39 is 0 Å². The first kappa shape index (κ1) is 26.7. The van der Waals surface area contributed by atoms with Crippen molar-refractivity contribution in [3.05, 3.63) is 54.3 Å². The van der Waals surface area contributed by atoms with Crippen LogP contribution in [0.4, 0.5) is 5.69 Å². The minimum Gasteiger partial charge on any atom is -0.292 e. The molecule has 0 aliphatic heterocycles. The van der Waals surface area contributed by atoms with E-state index in [0.717, 1.165) is 30.6 Å². The minimum atomic E-state index is -0.159. The molecule has 0 bridgehead atoms. The molecule has 0 saturated carbocycles. The second-order valence-corrected chi connectivity index (χ2v) is 8.71. The molecule has 168 valence electrons. The smallest absolute Gasteiger partial charge is 0.0857 e. The third kappa shape index (κ3) is 8.44. The van der Waals surface area contributed by atoms with E-state index in [-0.39, 0.29) is 28.1 Å². The number of hydrogen-bond acceptors (Lipinski definition) is 4. The maximum Gasteiger partial charge on any atom is 0.0857 e. The molecule has 30 heavy (non-hydrogen) atoms. The molecular formula is C25H40BrN3O. The molecule has 0 saturated heterocycles. The number of benzene rings is 1. The van der Waals surface area contributed by atoms with Crippen molar-refractivity contribution in [1.29, 1.82) is 0 Å². The topological polar surface area (TPSA) is 37.2 Å². The van der Waals surface area contributed by atoms with Crippen molar-refractivity contribution < 1.29 is 4.84 Å². The van der Waals surface area contributed by atoms with Gasteiger partial charge in [-0.05, 0) is 51.3 Å². The largest absolute Gasteiger partial charge is 0.292 e. The van der Waals surface area contributed by atoms with Crippen LogP contribution < -0.4 is 0 Å². The second-order valence-electron chi connectivity index (χ2n) is 8.71. The molecule has 5 heteroatoms. The predicted octanol–water partition coefficient (Wildman–Crippen LogP) is 8.34. The van der Waals surface area contributed by atoms with Gasteiger partial charge in [0.05, 0.1) is 22.5 Å². The van der Waals surface area contributed by atoms with Gasteiger partial charge in [0.2, 0.25) is 0 Å². The average molecular weight is 479 g/mol. The molecule has 0 heterocycles. The SMILES string of the molecule is Br.CCCCCC(C)(C)ON(C)C1(CCCC)C=CC(N=Nc2ccccc2)=CC1. The second kappa shape index (κ2) is 13.2. The number of unbranched alkanes of at least 4 members (excludes halogenated alkanes) is 3. The summed E-state index contributed by atoms with van der Waals surface area (Å²) in [5.74, 6) is 0. The summed E-state index contributed by atoms with van der Waals surface area (Å²) in [7, 11) is 2.09. The number of hydrogen-bond donors (Lipinski definition) is 0. The molecule has 0 fully saturated rings. The summed E-state index contributed by atoms with van der Waals surface area (Å²) in [6.07, 6.45) is 15.6. The average Bonchev–Trinajstić information content (AvgIpc) is 2.72. The molecule has 2 rings (SSSR count). The van der Waals surface area contributed by atoms with Gasteiger partial charge < -0.3 is 0 Å². The fourth-order valence-electron chi connectivity index (χ4n) is 3.71. The number of azo groups is 1. The lowest BCUT2D eigenvalue weighted by molar-refractivity contribution is -0.262. The molecule has 1 aromatic carbocycles. The summed E-state index contributed by atoms with van der Waals surface area (Å²) in [5.41, 5.74) is 1.51. The van der Waals surface area contributed by atoms with Crippen LogP contribution in [0.25, 0.3) is 0 Å². The van der Waals surface area contributed by atoms with Crippen LogP contribution in [-0.4, -0.2) is 23.3 Å². The molecule has 0 spiro atoms. The van der Waals surface area contributed by atoms with Gasteiger partial charge in [-0.3, -0.25) is 4.84 Å². The summed E-state index contributed by atoms with van der Waals surface area (Å²) < 4.78 is 0. The van der Waals surface area contributed by atoms with Crippen molar-refractivity contribution in [3.63, 3.8) is 0 Å². The quantitative estimate of drug-likeness (QED) is 0.172. The zero-order chi connectivity index (χ0) is 21.2. The highest BCUT2D eigenvalue weighted by Gasteiger charge is 2.36. The van der Waals surface area contributed by atoms with Crippen LogP contribution in [-0.2, 0) is 4.84 Å². The van der Waals surface area contributed by atoms with Gasteiger partial charge in [-0.1, -0.05) is 76.3 Å². The molecule has 1 aromatic rings. The van der Waals surface area contributed by atoms with Gasteiger partial charge in [-0.2, -0.15) is 15.3 Å². The molecule has 0 radical (unpaired) electrons. The molecule has 1 atom stereocenters. The Morgan fingerprint density at radius 1 is 1.03 bits per heavy atom. The zero-order valence-electron chi connectivity index (χ0n) is 19.4. The number of likely N-dealkylation sites (N-methyl/N-ethyl adjacent to an activating group) is 1. The van der Waals surface area contributed by atoms with Crippen LogP contribution in [0.15, 0.2) is 64.5 Å². The molecule has 0 aromatic heterocycles. The summed E-state index contributed by atoms with van der Waals surface area (Å²) in [4.78, 5) is 6.49. The molecule has 4 nitrogen and oxygen atoms in total. The van der Waals surface area contributed by atoms with E-state index in [9.17, 15) is 0 Å². The highest BCUT2D eigenvalue weighted by molar-refractivity contribution is 8.93. The number of rotatable bonds is 12. The van der Waals surface area contributed by atoms with Crippen LogP contribution in [0.3, 0.4) is 0 Å². The molecule has 0 N–H and O–H groups in total. The van der Waals surface area contributed by atoms with Crippen LogP contribution in [0, 0.1) is 0 Å². The van der Waals surface area contributed by atoms with E-state index in [1.807, 2.05) is 30.3 Å². The van der Waals surface area contributed by atoms with E-state index >= 15 is 0 Å². The fourth-order valence-corrected chi connectivity index (χ4v) is 3.71. The lowest BCUT2D eigenvalue weighted by Gasteiger charge is -2.43.